The maximum atomic E-state index is 12.3. The Balaban J connectivity index is 1.39. The number of hydrogen-bond donors (Lipinski definition) is 1. The molecule has 25 heavy (non-hydrogen) atoms. The van der Waals surface area contributed by atoms with E-state index in [-0.39, 0.29) is 24.5 Å². The lowest BCUT2D eigenvalue weighted by molar-refractivity contribution is -0.135. The molecule has 5 nitrogen and oxygen atoms in total. The van der Waals surface area contributed by atoms with Gasteiger partial charge in [-0.3, -0.25) is 4.79 Å². The van der Waals surface area contributed by atoms with E-state index in [0.717, 1.165) is 5.75 Å². The van der Waals surface area contributed by atoms with Gasteiger partial charge < -0.3 is 20.1 Å². The van der Waals surface area contributed by atoms with E-state index in [0.29, 0.717) is 26.3 Å². The van der Waals surface area contributed by atoms with Crippen molar-refractivity contribution in [3.05, 3.63) is 66.2 Å². The second kappa shape index (κ2) is 8.65. The van der Waals surface area contributed by atoms with Crippen molar-refractivity contribution in [2.45, 2.75) is 12.0 Å². The van der Waals surface area contributed by atoms with Crippen molar-refractivity contribution in [3.8, 4) is 5.75 Å². The fraction of sp³-hybridized carbons (Fsp3) is 0.350. The molecule has 1 amide bonds. The fourth-order valence-electron chi connectivity index (χ4n) is 3.07. The second-order valence-electron chi connectivity index (χ2n) is 6.19. The first kappa shape index (κ1) is 17.5. The van der Waals surface area contributed by atoms with Crippen LogP contribution in [-0.4, -0.2) is 49.8 Å². The molecule has 3 rings (SSSR count). The molecule has 2 aromatic rings. The maximum Gasteiger partial charge on any atom is 0.248 e. The summed E-state index contributed by atoms with van der Waals surface area (Å²) in [7, 11) is 0. The first-order chi connectivity index (χ1) is 12.2. The molecule has 1 fully saturated rings. The predicted octanol–water partition coefficient (Wildman–Crippen LogP) is 2.04. The number of carbonyl (C=O) groups is 1. The molecule has 1 saturated heterocycles. The highest BCUT2D eigenvalue weighted by atomic mass is 16.5. The highest BCUT2D eigenvalue weighted by molar-refractivity contribution is 5.78. The first-order valence-electron chi connectivity index (χ1n) is 8.58. The zero-order valence-corrected chi connectivity index (χ0v) is 14.2. The van der Waals surface area contributed by atoms with Crippen LogP contribution in [0.4, 0.5) is 0 Å². The van der Waals surface area contributed by atoms with Crippen molar-refractivity contribution in [2.75, 3.05) is 32.9 Å². The van der Waals surface area contributed by atoms with Crippen LogP contribution < -0.4 is 10.5 Å². The molecular formula is C20H24N2O3. The number of hydrogen-bond acceptors (Lipinski definition) is 4. The van der Waals surface area contributed by atoms with Gasteiger partial charge in [0.2, 0.25) is 5.91 Å². The van der Waals surface area contributed by atoms with Gasteiger partial charge in [-0.05, 0) is 17.7 Å². The molecule has 0 radical (unpaired) electrons. The minimum Gasteiger partial charge on any atom is -0.491 e. The third-order valence-electron chi connectivity index (χ3n) is 4.41. The molecule has 0 saturated carbocycles. The normalized spacial score (nSPS) is 19.8. The average Bonchev–Trinajstić information content (AvgIpc) is 3.05. The van der Waals surface area contributed by atoms with Gasteiger partial charge in [0.15, 0.2) is 0 Å². The fourth-order valence-corrected chi connectivity index (χ4v) is 3.07. The van der Waals surface area contributed by atoms with Gasteiger partial charge in [-0.2, -0.15) is 0 Å². The summed E-state index contributed by atoms with van der Waals surface area (Å²) in [6.07, 6.45) is 0. The summed E-state index contributed by atoms with van der Waals surface area (Å²) >= 11 is 0. The molecule has 0 aromatic heterocycles. The number of rotatable bonds is 7. The van der Waals surface area contributed by atoms with Gasteiger partial charge in [0.1, 0.15) is 19.0 Å². The zero-order valence-electron chi connectivity index (χ0n) is 14.2. The number of nitrogens with zero attached hydrogens (tertiary/aromatic N) is 1. The topological polar surface area (TPSA) is 64.8 Å². The Kier molecular flexibility index (Phi) is 6.04. The lowest BCUT2D eigenvalue weighted by Crippen LogP contribution is -2.34. The second-order valence-corrected chi connectivity index (χ2v) is 6.19. The molecule has 2 N–H and O–H groups in total. The summed E-state index contributed by atoms with van der Waals surface area (Å²) in [5.41, 5.74) is 7.41. The standard InChI is InChI=1S/C20H24N2O3/c21-19-14-22(13-18(19)16-7-3-1-4-8-16)20(23)15-24-11-12-25-17-9-5-2-6-10-17/h1-10,18-19H,11-15,21H2/t18-,19+/m0/s1. The molecule has 1 aliphatic heterocycles. The van der Waals surface area contributed by atoms with Gasteiger partial charge in [-0.1, -0.05) is 48.5 Å². The summed E-state index contributed by atoms with van der Waals surface area (Å²) in [4.78, 5) is 14.1. The summed E-state index contributed by atoms with van der Waals surface area (Å²) in [6.45, 7) is 2.08. The Morgan fingerprint density at radius 3 is 2.40 bits per heavy atom. The van der Waals surface area contributed by atoms with Crippen LogP contribution in [0.5, 0.6) is 5.75 Å². The Labute approximate surface area is 148 Å². The van der Waals surface area contributed by atoms with Crippen molar-refractivity contribution in [2.24, 2.45) is 5.73 Å². The third kappa shape index (κ3) is 4.81. The van der Waals surface area contributed by atoms with Crippen LogP contribution in [-0.2, 0) is 9.53 Å². The maximum absolute atomic E-state index is 12.3. The molecule has 2 aromatic carbocycles. The number of ether oxygens (including phenoxy) is 2. The SMILES string of the molecule is N[C@@H]1CN(C(=O)COCCOc2ccccc2)C[C@H]1c1ccccc1. The van der Waals surface area contributed by atoms with Crippen LogP contribution in [0, 0.1) is 0 Å². The Morgan fingerprint density at radius 1 is 1.00 bits per heavy atom. The van der Waals surface area contributed by atoms with Crippen LogP contribution in [0.15, 0.2) is 60.7 Å². The Bertz CT molecular complexity index is 663. The van der Waals surface area contributed by atoms with Crippen molar-refractivity contribution < 1.29 is 14.3 Å². The van der Waals surface area contributed by atoms with Crippen molar-refractivity contribution in [1.82, 2.24) is 4.90 Å². The van der Waals surface area contributed by atoms with Gasteiger partial charge in [-0.25, -0.2) is 0 Å². The Morgan fingerprint density at radius 2 is 1.68 bits per heavy atom. The van der Waals surface area contributed by atoms with Crippen LogP contribution in [0.1, 0.15) is 11.5 Å². The monoisotopic (exact) mass is 340 g/mol. The third-order valence-corrected chi connectivity index (χ3v) is 4.41. The van der Waals surface area contributed by atoms with E-state index in [1.54, 1.807) is 4.90 Å². The molecule has 1 aliphatic rings. The molecule has 0 aliphatic carbocycles. The van der Waals surface area contributed by atoms with E-state index in [9.17, 15) is 4.79 Å². The lowest BCUT2D eigenvalue weighted by Gasteiger charge is -2.16. The first-order valence-corrected chi connectivity index (χ1v) is 8.58. The van der Waals surface area contributed by atoms with E-state index >= 15 is 0 Å². The van der Waals surface area contributed by atoms with Crippen LogP contribution >= 0.6 is 0 Å². The molecule has 0 spiro atoms. The quantitative estimate of drug-likeness (QED) is 0.784. The minimum absolute atomic E-state index is 0.0198. The van der Waals surface area contributed by atoms with Gasteiger partial charge >= 0.3 is 0 Å². The van der Waals surface area contributed by atoms with E-state index in [2.05, 4.69) is 12.1 Å². The van der Waals surface area contributed by atoms with Crippen LogP contribution in [0.25, 0.3) is 0 Å². The summed E-state index contributed by atoms with van der Waals surface area (Å²) < 4.78 is 11.0. The van der Waals surface area contributed by atoms with Gasteiger partial charge in [0, 0.05) is 25.0 Å². The number of amides is 1. The summed E-state index contributed by atoms with van der Waals surface area (Å²) in [5, 5.41) is 0. The van der Waals surface area contributed by atoms with Crippen LogP contribution in [0.3, 0.4) is 0 Å². The van der Waals surface area contributed by atoms with Gasteiger partial charge in [0.05, 0.1) is 6.61 Å². The zero-order chi connectivity index (χ0) is 17.5. The van der Waals surface area contributed by atoms with Crippen molar-refractivity contribution in [1.29, 1.82) is 0 Å². The molecular weight excluding hydrogens is 316 g/mol. The highest BCUT2D eigenvalue weighted by Crippen LogP contribution is 2.26. The molecule has 0 bridgehead atoms. The highest BCUT2D eigenvalue weighted by Gasteiger charge is 2.33. The number of nitrogens with two attached hydrogens (primary N) is 1. The lowest BCUT2D eigenvalue weighted by atomic mass is 9.95. The van der Waals surface area contributed by atoms with Gasteiger partial charge in [0.25, 0.3) is 0 Å². The smallest absolute Gasteiger partial charge is 0.248 e. The van der Waals surface area contributed by atoms with Crippen molar-refractivity contribution in [3.63, 3.8) is 0 Å². The summed E-state index contributed by atoms with van der Waals surface area (Å²) in [6, 6.07) is 19.6. The molecule has 0 unspecified atom stereocenters. The van der Waals surface area contributed by atoms with E-state index in [4.69, 9.17) is 15.2 Å². The van der Waals surface area contributed by atoms with Crippen LogP contribution in [0.2, 0.25) is 0 Å². The largest absolute Gasteiger partial charge is 0.491 e. The summed E-state index contributed by atoms with van der Waals surface area (Å²) in [5.74, 6) is 0.966. The predicted molar refractivity (Wildman–Crippen MR) is 96.5 cm³/mol. The average molecular weight is 340 g/mol. The number of likely N-dealkylation sites (tertiary alicyclic amines) is 1. The molecule has 2 atom stereocenters. The van der Waals surface area contributed by atoms with Gasteiger partial charge in [-0.15, -0.1) is 0 Å². The van der Waals surface area contributed by atoms with Crippen molar-refractivity contribution >= 4 is 5.91 Å². The van der Waals surface area contributed by atoms with E-state index in [1.165, 1.54) is 5.56 Å². The number of carbonyl (C=O) groups excluding carboxylic acids is 1. The van der Waals surface area contributed by atoms with E-state index < -0.39 is 0 Å². The van der Waals surface area contributed by atoms with E-state index in [1.807, 2.05) is 48.5 Å². The molecule has 1 heterocycles. The minimum atomic E-state index is -0.0345. The number of para-hydroxylation sites is 1. The molecule has 132 valence electrons. The number of benzene rings is 2. The molecule has 5 heteroatoms. The Hall–Kier alpha value is -2.37.